The minimum atomic E-state index is -0.583. The molecule has 0 radical (unpaired) electrons. The Balaban J connectivity index is 1.23. The van der Waals surface area contributed by atoms with Gasteiger partial charge in [-0.3, -0.25) is 24.5 Å². The number of allylic oxidation sites excluding steroid dienone is 5. The number of hydrogen-bond acceptors (Lipinski definition) is 9. The fourth-order valence-electron chi connectivity index (χ4n) is 4.34. The van der Waals surface area contributed by atoms with Crippen LogP contribution in [-0.2, 0) is 4.79 Å². The highest BCUT2D eigenvalue weighted by Crippen LogP contribution is 2.30. The number of carbonyl (C=O) groups is 3. The Morgan fingerprint density at radius 2 is 1.75 bits per heavy atom. The molecule has 1 aromatic heterocycles. The standard InChI is InChI=1S/C29H28N4O7/c1-17(11-12-20-19(3)27(34)21-9-4-5-10-22(21)28(20)35)7-6-8-18(2)29(36)30-15-16-39-24-14-13-23(33(37)38)25-26(24)32-40-31-25/h4-5,8-11,13-14H,6-7,12,15-16H2,1-3H3,(H,30,36)/b17-11+,18-8+. The third kappa shape index (κ3) is 6.04. The van der Waals surface area contributed by atoms with Gasteiger partial charge in [-0.05, 0) is 56.4 Å². The number of non-ortho nitro benzene ring substituents is 1. The lowest BCUT2D eigenvalue weighted by Crippen LogP contribution is -2.28. The van der Waals surface area contributed by atoms with Crippen LogP contribution in [0, 0.1) is 10.1 Å². The number of nitrogens with zero attached hydrogens (tertiary/aromatic N) is 3. The van der Waals surface area contributed by atoms with E-state index in [4.69, 9.17) is 4.74 Å². The summed E-state index contributed by atoms with van der Waals surface area (Å²) in [6.07, 6.45) is 5.50. The van der Waals surface area contributed by atoms with E-state index in [1.165, 1.54) is 12.1 Å². The Morgan fingerprint density at radius 1 is 1.05 bits per heavy atom. The Labute approximate surface area is 229 Å². The van der Waals surface area contributed by atoms with Crippen molar-refractivity contribution in [1.29, 1.82) is 0 Å². The van der Waals surface area contributed by atoms with Gasteiger partial charge < -0.3 is 10.1 Å². The first-order valence-electron chi connectivity index (χ1n) is 12.7. The predicted molar refractivity (Wildman–Crippen MR) is 146 cm³/mol. The van der Waals surface area contributed by atoms with Crippen molar-refractivity contribution in [1.82, 2.24) is 15.6 Å². The van der Waals surface area contributed by atoms with Gasteiger partial charge in [-0.1, -0.05) is 42.0 Å². The second kappa shape index (κ2) is 12.3. The molecule has 1 aliphatic carbocycles. The number of nitro groups is 1. The lowest BCUT2D eigenvalue weighted by atomic mass is 9.83. The van der Waals surface area contributed by atoms with Crippen molar-refractivity contribution in [2.45, 2.75) is 40.0 Å². The number of aromatic nitrogens is 2. The van der Waals surface area contributed by atoms with Gasteiger partial charge in [0.25, 0.3) is 0 Å². The number of Topliss-reactive ketones (excluding diaryl/α,β-unsaturated/α-hetero) is 2. The molecule has 1 heterocycles. The largest absolute Gasteiger partial charge is 0.489 e. The van der Waals surface area contributed by atoms with Crippen LogP contribution in [0.15, 0.2) is 75.5 Å². The molecule has 0 fully saturated rings. The van der Waals surface area contributed by atoms with E-state index in [1.54, 1.807) is 38.1 Å². The minimum Gasteiger partial charge on any atom is -0.489 e. The fraction of sp³-hybridized carbons (Fsp3) is 0.276. The second-order valence-corrected chi connectivity index (χ2v) is 9.39. The Morgan fingerprint density at radius 3 is 2.48 bits per heavy atom. The van der Waals surface area contributed by atoms with Gasteiger partial charge >= 0.3 is 5.69 Å². The van der Waals surface area contributed by atoms with Gasteiger partial charge in [0.2, 0.25) is 11.4 Å². The lowest BCUT2D eigenvalue weighted by molar-refractivity contribution is -0.383. The molecule has 1 amide bonds. The van der Waals surface area contributed by atoms with Crippen molar-refractivity contribution < 1.29 is 28.7 Å². The highest BCUT2D eigenvalue weighted by atomic mass is 16.6. The highest BCUT2D eigenvalue weighted by molar-refractivity contribution is 6.26. The monoisotopic (exact) mass is 544 g/mol. The van der Waals surface area contributed by atoms with Crippen LogP contribution < -0.4 is 10.1 Å². The molecule has 206 valence electrons. The van der Waals surface area contributed by atoms with Gasteiger partial charge in [0, 0.05) is 33.9 Å². The zero-order valence-electron chi connectivity index (χ0n) is 22.4. The molecule has 1 N–H and O–H groups in total. The van der Waals surface area contributed by atoms with Crippen molar-refractivity contribution in [3.63, 3.8) is 0 Å². The molecule has 0 saturated carbocycles. The van der Waals surface area contributed by atoms with Gasteiger partial charge in [-0.25, -0.2) is 4.63 Å². The van der Waals surface area contributed by atoms with Crippen molar-refractivity contribution >= 4 is 34.2 Å². The molecule has 0 unspecified atom stereocenters. The molecule has 40 heavy (non-hydrogen) atoms. The zero-order chi connectivity index (χ0) is 28.8. The van der Waals surface area contributed by atoms with Crippen LogP contribution in [-0.4, -0.2) is 45.9 Å². The van der Waals surface area contributed by atoms with Gasteiger partial charge in [-0.2, -0.15) is 0 Å². The molecule has 3 aromatic rings. The van der Waals surface area contributed by atoms with Crippen molar-refractivity contribution in [2.24, 2.45) is 0 Å². The number of nitro benzene ring substituents is 1. The third-order valence-corrected chi connectivity index (χ3v) is 6.68. The summed E-state index contributed by atoms with van der Waals surface area (Å²) in [5.41, 5.74) is 3.40. The SMILES string of the molecule is CC1=C(C/C=C(\C)CC/C=C(\C)C(=O)NCCOc2ccc([N+](=O)[O-])c3nonc23)C(=O)c2ccccc2C1=O. The van der Waals surface area contributed by atoms with Crippen molar-refractivity contribution in [2.75, 3.05) is 13.2 Å². The molecule has 0 atom stereocenters. The molecular formula is C29H28N4O7. The van der Waals surface area contributed by atoms with Crippen LogP contribution in [0.4, 0.5) is 5.69 Å². The smallest absolute Gasteiger partial charge is 0.301 e. The highest BCUT2D eigenvalue weighted by Gasteiger charge is 2.28. The number of amides is 1. The molecule has 11 heteroatoms. The van der Waals surface area contributed by atoms with Gasteiger partial charge in [-0.15, -0.1) is 0 Å². The first-order valence-corrected chi connectivity index (χ1v) is 12.7. The summed E-state index contributed by atoms with van der Waals surface area (Å²) >= 11 is 0. The van der Waals surface area contributed by atoms with Crippen molar-refractivity contribution in [3.8, 4) is 5.75 Å². The van der Waals surface area contributed by atoms with Gasteiger partial charge in [0.05, 0.1) is 11.5 Å². The first kappa shape index (κ1) is 28.1. The maximum Gasteiger partial charge on any atom is 0.301 e. The van der Waals surface area contributed by atoms with Crippen LogP contribution in [0.3, 0.4) is 0 Å². The first-order chi connectivity index (χ1) is 19.2. The van der Waals surface area contributed by atoms with E-state index in [9.17, 15) is 24.5 Å². The number of carbonyl (C=O) groups excluding carboxylic acids is 3. The number of ketones is 2. The summed E-state index contributed by atoms with van der Waals surface area (Å²) in [6.45, 7) is 5.69. The summed E-state index contributed by atoms with van der Waals surface area (Å²) < 4.78 is 10.2. The average molecular weight is 545 g/mol. The molecule has 0 bridgehead atoms. The van der Waals surface area contributed by atoms with Crippen LogP contribution in [0.25, 0.3) is 11.0 Å². The quantitative estimate of drug-likeness (QED) is 0.114. The lowest BCUT2D eigenvalue weighted by Gasteiger charge is -2.18. The summed E-state index contributed by atoms with van der Waals surface area (Å²) in [4.78, 5) is 48.5. The minimum absolute atomic E-state index is 0.00863. The average Bonchev–Trinajstić information content (AvgIpc) is 3.44. The fourth-order valence-corrected chi connectivity index (χ4v) is 4.34. The number of fused-ring (bicyclic) bond motifs is 2. The Bertz CT molecular complexity index is 1600. The third-order valence-electron chi connectivity index (χ3n) is 6.68. The number of nitrogens with one attached hydrogen (secondary N) is 1. The predicted octanol–water partition coefficient (Wildman–Crippen LogP) is 5.08. The molecular weight excluding hydrogens is 516 g/mol. The molecule has 1 aliphatic rings. The second-order valence-electron chi connectivity index (χ2n) is 9.39. The zero-order valence-corrected chi connectivity index (χ0v) is 22.4. The van der Waals surface area contributed by atoms with E-state index in [0.29, 0.717) is 47.1 Å². The summed E-state index contributed by atoms with van der Waals surface area (Å²) in [7, 11) is 0. The number of rotatable bonds is 11. The maximum atomic E-state index is 12.9. The van der Waals surface area contributed by atoms with E-state index in [0.717, 1.165) is 5.57 Å². The normalized spacial score (nSPS) is 14.0. The summed E-state index contributed by atoms with van der Waals surface area (Å²) in [5.74, 6) is -0.195. The molecule has 0 saturated heterocycles. The van der Waals surface area contributed by atoms with E-state index in [2.05, 4.69) is 20.3 Å². The number of hydrogen-bond donors (Lipinski definition) is 1. The van der Waals surface area contributed by atoms with E-state index < -0.39 is 4.92 Å². The summed E-state index contributed by atoms with van der Waals surface area (Å²) in [6, 6.07) is 9.55. The van der Waals surface area contributed by atoms with Gasteiger partial charge in [0.1, 0.15) is 6.61 Å². The van der Waals surface area contributed by atoms with Crippen LogP contribution in [0.5, 0.6) is 5.75 Å². The topological polar surface area (TPSA) is 155 Å². The Hall–Kier alpha value is -4.93. The van der Waals surface area contributed by atoms with E-state index >= 15 is 0 Å². The molecule has 4 rings (SSSR count). The summed E-state index contributed by atoms with van der Waals surface area (Å²) in [5, 5.41) is 21.1. The van der Waals surface area contributed by atoms with Crippen LogP contribution in [0.1, 0.15) is 60.7 Å². The van der Waals surface area contributed by atoms with E-state index in [1.807, 2.05) is 19.1 Å². The van der Waals surface area contributed by atoms with E-state index in [-0.39, 0.29) is 53.1 Å². The van der Waals surface area contributed by atoms with Crippen LogP contribution >= 0.6 is 0 Å². The molecule has 11 nitrogen and oxygen atoms in total. The van der Waals surface area contributed by atoms with Crippen molar-refractivity contribution in [3.05, 3.63) is 92.1 Å². The number of ether oxygens (including phenoxy) is 1. The molecule has 0 spiro atoms. The molecule has 0 aliphatic heterocycles. The maximum absolute atomic E-state index is 12.9. The van der Waals surface area contributed by atoms with Crippen LogP contribution in [0.2, 0.25) is 0 Å². The van der Waals surface area contributed by atoms with Gasteiger partial charge in [0.15, 0.2) is 22.8 Å². The number of benzene rings is 2. The Kier molecular flexibility index (Phi) is 8.63. The molecule has 2 aromatic carbocycles.